The van der Waals surface area contributed by atoms with E-state index in [-0.39, 0.29) is 0 Å². The monoisotopic (exact) mass is 341 g/mol. The molecule has 5 heteroatoms. The average Bonchev–Trinajstić information content (AvgIpc) is 2.56. The van der Waals surface area contributed by atoms with Gasteiger partial charge in [0.1, 0.15) is 5.82 Å². The number of hydrogen-bond donors (Lipinski definition) is 0. The summed E-state index contributed by atoms with van der Waals surface area (Å²) in [6, 6.07) is 3.48. The van der Waals surface area contributed by atoms with E-state index in [0.29, 0.717) is 12.1 Å². The van der Waals surface area contributed by atoms with E-state index in [1.165, 1.54) is 29.4 Å². The van der Waals surface area contributed by atoms with Crippen molar-refractivity contribution in [2.24, 2.45) is 0 Å². The summed E-state index contributed by atoms with van der Waals surface area (Å²) in [4.78, 5) is 11.1. The van der Waals surface area contributed by atoms with Gasteiger partial charge in [0.2, 0.25) is 0 Å². The lowest BCUT2D eigenvalue weighted by Crippen LogP contribution is -2.55. The third-order valence-corrected chi connectivity index (χ3v) is 5.51. The second-order valence-electron chi connectivity index (χ2n) is 5.55. The predicted octanol–water partition coefficient (Wildman–Crippen LogP) is 3.24. The molecule has 3 nitrogen and oxygen atoms in total. The van der Waals surface area contributed by atoms with E-state index in [1.807, 2.05) is 18.0 Å². The second kappa shape index (κ2) is 5.62. The van der Waals surface area contributed by atoms with E-state index in [0.717, 1.165) is 17.6 Å². The van der Waals surface area contributed by atoms with Crippen LogP contribution in [0.1, 0.15) is 20.3 Å². The molecular formula is C14H20BrN3S. The summed E-state index contributed by atoms with van der Waals surface area (Å²) in [7, 11) is 0. The summed E-state index contributed by atoms with van der Waals surface area (Å²) in [6.45, 7) is 8.02. The van der Waals surface area contributed by atoms with E-state index < -0.39 is 0 Å². The van der Waals surface area contributed by atoms with E-state index in [2.05, 4.69) is 50.6 Å². The van der Waals surface area contributed by atoms with Crippen molar-refractivity contribution in [1.29, 1.82) is 0 Å². The minimum absolute atomic E-state index is 0.624. The molecule has 0 saturated carbocycles. The molecule has 0 N–H and O–H groups in total. The van der Waals surface area contributed by atoms with Crippen LogP contribution in [0.4, 0.5) is 5.82 Å². The van der Waals surface area contributed by atoms with Crippen LogP contribution in [0.15, 0.2) is 21.6 Å². The SMILES string of the molecule is CC(C)N1CCN2c3ncc(Br)cc3SCC[C@H]2C1. The lowest BCUT2D eigenvalue weighted by molar-refractivity contribution is 0.178. The van der Waals surface area contributed by atoms with Crippen molar-refractivity contribution in [3.8, 4) is 0 Å². The first-order chi connectivity index (χ1) is 9.15. The normalized spacial score (nSPS) is 24.0. The highest BCUT2D eigenvalue weighted by molar-refractivity contribution is 9.10. The van der Waals surface area contributed by atoms with Crippen LogP contribution in [0.5, 0.6) is 0 Å². The fourth-order valence-electron chi connectivity index (χ4n) is 2.91. The lowest BCUT2D eigenvalue weighted by atomic mass is 10.1. The third-order valence-electron chi connectivity index (χ3n) is 4.02. The molecule has 1 aromatic heterocycles. The molecule has 1 atom stereocenters. The van der Waals surface area contributed by atoms with Gasteiger partial charge < -0.3 is 4.90 Å². The van der Waals surface area contributed by atoms with Gasteiger partial charge in [0.25, 0.3) is 0 Å². The number of rotatable bonds is 1. The van der Waals surface area contributed by atoms with Crippen LogP contribution in [0.25, 0.3) is 0 Å². The van der Waals surface area contributed by atoms with Crippen LogP contribution in [0, 0.1) is 0 Å². The summed E-state index contributed by atoms with van der Waals surface area (Å²) in [5.41, 5.74) is 0. The topological polar surface area (TPSA) is 19.4 Å². The van der Waals surface area contributed by atoms with Gasteiger partial charge in [0, 0.05) is 48.1 Å². The maximum absolute atomic E-state index is 4.67. The predicted molar refractivity (Wildman–Crippen MR) is 85.1 cm³/mol. The summed E-state index contributed by atoms with van der Waals surface area (Å²) in [5, 5.41) is 0. The number of halogens is 1. The number of thioether (sulfide) groups is 1. The van der Waals surface area contributed by atoms with E-state index >= 15 is 0 Å². The smallest absolute Gasteiger partial charge is 0.142 e. The Hall–Kier alpha value is -0.260. The van der Waals surface area contributed by atoms with Crippen molar-refractivity contribution in [2.75, 3.05) is 30.3 Å². The molecule has 104 valence electrons. The Balaban J connectivity index is 1.87. The zero-order valence-electron chi connectivity index (χ0n) is 11.5. The number of aromatic nitrogens is 1. The second-order valence-corrected chi connectivity index (χ2v) is 7.60. The van der Waals surface area contributed by atoms with Gasteiger partial charge in [-0.2, -0.15) is 0 Å². The molecular weight excluding hydrogens is 322 g/mol. The van der Waals surface area contributed by atoms with Gasteiger partial charge in [-0.3, -0.25) is 4.90 Å². The molecule has 1 aromatic rings. The van der Waals surface area contributed by atoms with Gasteiger partial charge in [-0.25, -0.2) is 4.98 Å². The molecule has 0 amide bonds. The fourth-order valence-corrected chi connectivity index (χ4v) is 4.52. The van der Waals surface area contributed by atoms with Crippen molar-refractivity contribution in [2.45, 2.75) is 37.2 Å². The van der Waals surface area contributed by atoms with Crippen molar-refractivity contribution in [1.82, 2.24) is 9.88 Å². The molecule has 0 unspecified atom stereocenters. The van der Waals surface area contributed by atoms with Crippen LogP contribution in [0.3, 0.4) is 0 Å². The highest BCUT2D eigenvalue weighted by Gasteiger charge is 2.32. The van der Waals surface area contributed by atoms with Gasteiger partial charge in [-0.05, 0) is 42.3 Å². The van der Waals surface area contributed by atoms with E-state index in [4.69, 9.17) is 0 Å². The minimum Gasteiger partial charge on any atom is -0.350 e. The number of nitrogens with zero attached hydrogens (tertiary/aromatic N) is 3. The number of fused-ring (bicyclic) bond motifs is 3. The highest BCUT2D eigenvalue weighted by Crippen LogP contribution is 2.37. The van der Waals surface area contributed by atoms with E-state index in [9.17, 15) is 0 Å². The number of piperazine rings is 1. The summed E-state index contributed by atoms with van der Waals surface area (Å²) in [6.07, 6.45) is 3.18. The maximum atomic E-state index is 4.67. The largest absolute Gasteiger partial charge is 0.350 e. The molecule has 2 aliphatic rings. The molecule has 0 bridgehead atoms. The maximum Gasteiger partial charge on any atom is 0.142 e. The van der Waals surface area contributed by atoms with Gasteiger partial charge >= 0.3 is 0 Å². The highest BCUT2D eigenvalue weighted by atomic mass is 79.9. The Morgan fingerprint density at radius 3 is 3.05 bits per heavy atom. The first-order valence-corrected chi connectivity index (χ1v) is 8.72. The molecule has 1 saturated heterocycles. The number of hydrogen-bond acceptors (Lipinski definition) is 4. The Morgan fingerprint density at radius 2 is 2.26 bits per heavy atom. The Labute approximate surface area is 127 Å². The third kappa shape index (κ3) is 2.78. The molecule has 1 fully saturated rings. The Morgan fingerprint density at radius 1 is 1.42 bits per heavy atom. The molecule has 19 heavy (non-hydrogen) atoms. The Kier molecular flexibility index (Phi) is 4.06. The molecule has 0 spiro atoms. The minimum atomic E-state index is 0.624. The number of pyridine rings is 1. The van der Waals surface area contributed by atoms with Crippen molar-refractivity contribution >= 4 is 33.5 Å². The first kappa shape index (κ1) is 13.7. The molecule has 0 aliphatic carbocycles. The quantitative estimate of drug-likeness (QED) is 0.780. The zero-order valence-corrected chi connectivity index (χ0v) is 13.9. The van der Waals surface area contributed by atoms with Crippen LogP contribution in [-0.4, -0.2) is 47.4 Å². The van der Waals surface area contributed by atoms with Crippen LogP contribution in [0.2, 0.25) is 0 Å². The summed E-state index contributed by atoms with van der Waals surface area (Å²) >= 11 is 5.48. The molecule has 2 aliphatic heterocycles. The van der Waals surface area contributed by atoms with E-state index in [1.54, 1.807) is 0 Å². The Bertz CT molecular complexity index is 466. The summed E-state index contributed by atoms with van der Waals surface area (Å²) < 4.78 is 1.08. The van der Waals surface area contributed by atoms with Gasteiger partial charge in [0.15, 0.2) is 0 Å². The van der Waals surface area contributed by atoms with Gasteiger partial charge in [0.05, 0.1) is 4.90 Å². The average molecular weight is 342 g/mol. The van der Waals surface area contributed by atoms with Gasteiger partial charge in [-0.15, -0.1) is 11.8 Å². The molecule has 0 aromatic carbocycles. The molecule has 0 radical (unpaired) electrons. The standard InChI is InChI=1S/C14H20BrN3S/c1-10(2)17-4-5-18-12(9-17)3-6-19-13-7-11(15)8-16-14(13)18/h7-8,10,12H,3-6,9H2,1-2H3/t12-/m0/s1. The molecule has 3 heterocycles. The van der Waals surface area contributed by atoms with Crippen molar-refractivity contribution < 1.29 is 0 Å². The lowest BCUT2D eigenvalue weighted by Gasteiger charge is -2.43. The van der Waals surface area contributed by atoms with Crippen LogP contribution >= 0.6 is 27.7 Å². The fraction of sp³-hybridized carbons (Fsp3) is 0.643. The molecule has 3 rings (SSSR count). The van der Waals surface area contributed by atoms with Crippen molar-refractivity contribution in [3.63, 3.8) is 0 Å². The first-order valence-electron chi connectivity index (χ1n) is 6.94. The van der Waals surface area contributed by atoms with Crippen LogP contribution < -0.4 is 4.90 Å². The number of anilines is 1. The van der Waals surface area contributed by atoms with Crippen LogP contribution in [-0.2, 0) is 0 Å². The van der Waals surface area contributed by atoms with Crippen molar-refractivity contribution in [3.05, 3.63) is 16.7 Å². The summed E-state index contributed by atoms with van der Waals surface area (Å²) in [5.74, 6) is 2.39. The van der Waals surface area contributed by atoms with Gasteiger partial charge in [-0.1, -0.05) is 0 Å². The zero-order chi connectivity index (χ0) is 13.4.